The summed E-state index contributed by atoms with van der Waals surface area (Å²) in [5.41, 5.74) is 0. The molecule has 0 unspecified atom stereocenters. The second kappa shape index (κ2) is 6.60. The van der Waals surface area contributed by atoms with Gasteiger partial charge in [-0.25, -0.2) is 4.57 Å². The lowest BCUT2D eigenvalue weighted by atomic mass is 10.0. The van der Waals surface area contributed by atoms with Crippen molar-refractivity contribution in [1.29, 1.82) is 0 Å². The Morgan fingerprint density at radius 3 is 1.75 bits per heavy atom. The van der Waals surface area contributed by atoms with Gasteiger partial charge in [-0.05, 0) is 0 Å². The van der Waals surface area contributed by atoms with E-state index < -0.39 is 45.5 Å². The molecule has 0 aromatic carbocycles. The molecule has 0 heterocycles. The topological polar surface area (TPSA) is 168 Å². The predicted molar refractivity (Wildman–Crippen MR) is 49.1 cm³/mol. The van der Waals surface area contributed by atoms with Gasteiger partial charge in [0.1, 0.15) is 24.4 Å². The first-order valence-corrected chi connectivity index (χ1v) is 5.75. The Bertz CT molecular complexity index is 240. The molecular formula is C6H15O9P. The van der Waals surface area contributed by atoms with Crippen molar-refractivity contribution in [3.63, 3.8) is 0 Å². The van der Waals surface area contributed by atoms with E-state index in [9.17, 15) is 9.67 Å². The van der Waals surface area contributed by atoms with Crippen molar-refractivity contribution in [1.82, 2.24) is 0 Å². The highest BCUT2D eigenvalue weighted by atomic mass is 31.2. The van der Waals surface area contributed by atoms with Crippen molar-refractivity contribution in [3.05, 3.63) is 0 Å². The third-order valence-corrected chi connectivity index (χ3v) is 2.26. The Balaban J connectivity index is 4.73. The minimum atomic E-state index is -5.02. The van der Waals surface area contributed by atoms with Crippen LogP contribution in [0.15, 0.2) is 0 Å². The second-order valence-electron chi connectivity index (χ2n) is 3.05. The van der Waals surface area contributed by atoms with Gasteiger partial charge in [-0.3, -0.25) is 4.52 Å². The van der Waals surface area contributed by atoms with Gasteiger partial charge in [-0.2, -0.15) is 0 Å². The van der Waals surface area contributed by atoms with Gasteiger partial charge in [-0.1, -0.05) is 0 Å². The summed E-state index contributed by atoms with van der Waals surface area (Å²) in [5.74, 6) is 0. The maximum absolute atomic E-state index is 10.5. The van der Waals surface area contributed by atoms with E-state index in [-0.39, 0.29) is 0 Å². The van der Waals surface area contributed by atoms with Gasteiger partial charge in [0, 0.05) is 0 Å². The minimum Gasteiger partial charge on any atom is -0.394 e. The van der Waals surface area contributed by atoms with Crippen LogP contribution >= 0.6 is 7.82 Å². The Labute approximate surface area is 90.8 Å². The summed E-state index contributed by atoms with van der Waals surface area (Å²) in [7, 11) is -5.02. The molecule has 16 heavy (non-hydrogen) atoms. The summed E-state index contributed by atoms with van der Waals surface area (Å²) in [6, 6.07) is 0. The van der Waals surface area contributed by atoms with E-state index in [0.29, 0.717) is 0 Å². The monoisotopic (exact) mass is 262 g/mol. The van der Waals surface area contributed by atoms with Gasteiger partial charge < -0.3 is 35.3 Å². The molecule has 0 aliphatic carbocycles. The van der Waals surface area contributed by atoms with Crippen LogP contribution in [0.3, 0.4) is 0 Å². The van der Waals surface area contributed by atoms with Gasteiger partial charge in [0.05, 0.1) is 13.2 Å². The van der Waals surface area contributed by atoms with E-state index in [0.717, 1.165) is 0 Å². The van der Waals surface area contributed by atoms with E-state index in [1.165, 1.54) is 0 Å². The number of hydrogen-bond acceptors (Lipinski definition) is 7. The first-order chi connectivity index (χ1) is 7.22. The van der Waals surface area contributed by atoms with Crippen LogP contribution in [-0.4, -0.2) is 72.9 Å². The Morgan fingerprint density at radius 1 is 1.00 bits per heavy atom. The number of aliphatic hydroxyl groups excluding tert-OH is 5. The summed E-state index contributed by atoms with van der Waals surface area (Å²) in [6.07, 6.45) is -7.46. The van der Waals surface area contributed by atoms with E-state index >= 15 is 0 Å². The molecule has 98 valence electrons. The summed E-state index contributed by atoms with van der Waals surface area (Å²) in [6.45, 7) is -1.85. The zero-order valence-corrected chi connectivity index (χ0v) is 9.01. The Kier molecular flexibility index (Phi) is 6.56. The fraction of sp³-hybridized carbons (Fsp3) is 1.00. The van der Waals surface area contributed by atoms with Crippen LogP contribution in [0, 0.1) is 0 Å². The molecule has 7 N–H and O–H groups in total. The predicted octanol–water partition coefficient (Wildman–Crippen LogP) is -3.47. The average molecular weight is 262 g/mol. The summed E-state index contributed by atoms with van der Waals surface area (Å²) in [5, 5.41) is 44.5. The first-order valence-electron chi connectivity index (χ1n) is 4.22. The van der Waals surface area contributed by atoms with Crippen LogP contribution in [-0.2, 0) is 9.09 Å². The van der Waals surface area contributed by atoms with Gasteiger partial charge in [-0.15, -0.1) is 0 Å². The summed E-state index contributed by atoms with van der Waals surface area (Å²) >= 11 is 0. The highest BCUT2D eigenvalue weighted by Gasteiger charge is 2.37. The van der Waals surface area contributed by atoms with Crippen LogP contribution in [0.1, 0.15) is 0 Å². The van der Waals surface area contributed by atoms with Crippen molar-refractivity contribution in [3.8, 4) is 0 Å². The van der Waals surface area contributed by atoms with Crippen molar-refractivity contribution in [2.24, 2.45) is 0 Å². The molecular weight excluding hydrogens is 247 g/mol. The SMILES string of the molecule is O=P(O)(O)O[C@@H]([C@H](O)[C@H](O)CO)[C@H](O)CO. The van der Waals surface area contributed by atoms with E-state index in [1.54, 1.807) is 0 Å². The molecule has 0 amide bonds. The van der Waals surface area contributed by atoms with E-state index in [4.69, 9.17) is 30.2 Å². The molecule has 10 heteroatoms. The van der Waals surface area contributed by atoms with E-state index in [2.05, 4.69) is 4.52 Å². The Hall–Kier alpha value is -0.0900. The molecule has 4 atom stereocenters. The molecule has 0 aliphatic rings. The van der Waals surface area contributed by atoms with Crippen molar-refractivity contribution in [2.45, 2.75) is 24.4 Å². The number of hydrogen-bond donors (Lipinski definition) is 7. The molecule has 0 rings (SSSR count). The number of aliphatic hydroxyl groups is 5. The summed E-state index contributed by atoms with van der Waals surface area (Å²) < 4.78 is 14.5. The van der Waals surface area contributed by atoms with Gasteiger partial charge in [0.2, 0.25) is 0 Å². The van der Waals surface area contributed by atoms with Crippen LogP contribution in [0.4, 0.5) is 0 Å². The molecule has 0 bridgehead atoms. The molecule has 0 radical (unpaired) electrons. The lowest BCUT2D eigenvalue weighted by Gasteiger charge is -2.28. The smallest absolute Gasteiger partial charge is 0.394 e. The minimum absolute atomic E-state index is 0.902. The number of rotatable bonds is 7. The maximum Gasteiger partial charge on any atom is 0.470 e. The normalized spacial score (nSPS) is 20.2. The average Bonchev–Trinajstić information content (AvgIpc) is 2.21. The standard InChI is InChI=1S/C6H15O9P/c7-1-3(9)5(11)6(4(10)2-8)15-16(12,13)14/h3-11H,1-2H2,(H2,12,13,14)/t3-,4-,5-,6-/m1/s1. The third kappa shape index (κ3) is 5.30. The molecule has 9 nitrogen and oxygen atoms in total. The molecule has 0 fully saturated rings. The Morgan fingerprint density at radius 2 is 1.44 bits per heavy atom. The highest BCUT2D eigenvalue weighted by molar-refractivity contribution is 7.46. The maximum atomic E-state index is 10.5. The van der Waals surface area contributed by atoms with Crippen molar-refractivity contribution >= 4 is 7.82 Å². The quantitative estimate of drug-likeness (QED) is 0.230. The highest BCUT2D eigenvalue weighted by Crippen LogP contribution is 2.39. The fourth-order valence-corrected chi connectivity index (χ4v) is 1.53. The zero-order valence-electron chi connectivity index (χ0n) is 8.12. The fourth-order valence-electron chi connectivity index (χ4n) is 0.950. The third-order valence-electron chi connectivity index (χ3n) is 1.74. The lowest BCUT2D eigenvalue weighted by molar-refractivity contribution is -0.119. The molecule has 0 aromatic rings. The lowest BCUT2D eigenvalue weighted by Crippen LogP contribution is -2.48. The first kappa shape index (κ1) is 15.9. The van der Waals surface area contributed by atoms with Crippen molar-refractivity contribution < 1.29 is 44.4 Å². The molecule has 0 aromatic heterocycles. The zero-order chi connectivity index (χ0) is 12.9. The van der Waals surface area contributed by atoms with Gasteiger partial charge >= 0.3 is 7.82 Å². The molecule has 0 spiro atoms. The van der Waals surface area contributed by atoms with Crippen LogP contribution in [0.25, 0.3) is 0 Å². The van der Waals surface area contributed by atoms with Gasteiger partial charge in [0.25, 0.3) is 0 Å². The van der Waals surface area contributed by atoms with E-state index in [1.807, 2.05) is 0 Å². The van der Waals surface area contributed by atoms with Crippen LogP contribution < -0.4 is 0 Å². The van der Waals surface area contributed by atoms with Crippen LogP contribution in [0.2, 0.25) is 0 Å². The molecule has 0 saturated carbocycles. The number of phosphoric acid groups is 1. The largest absolute Gasteiger partial charge is 0.470 e. The molecule has 0 saturated heterocycles. The second-order valence-corrected chi connectivity index (χ2v) is 4.24. The number of phosphoric ester groups is 1. The van der Waals surface area contributed by atoms with Crippen molar-refractivity contribution in [2.75, 3.05) is 13.2 Å². The van der Waals surface area contributed by atoms with Gasteiger partial charge in [0.15, 0.2) is 0 Å². The van der Waals surface area contributed by atoms with Crippen LogP contribution in [0.5, 0.6) is 0 Å². The summed E-state index contributed by atoms with van der Waals surface area (Å²) in [4.78, 5) is 17.0. The molecule has 0 aliphatic heterocycles.